The lowest BCUT2D eigenvalue weighted by Gasteiger charge is -2.27. The maximum atomic E-state index is 5.50. The van der Waals surface area contributed by atoms with E-state index >= 15 is 0 Å². The summed E-state index contributed by atoms with van der Waals surface area (Å²) in [7, 11) is 1.97. The fourth-order valence-corrected chi connectivity index (χ4v) is 4.10. The zero-order valence-corrected chi connectivity index (χ0v) is 14.9. The molecule has 1 aliphatic heterocycles. The molecule has 3 aromatic rings. The first-order chi connectivity index (χ1) is 12.3. The normalized spacial score (nSPS) is 14.2. The van der Waals surface area contributed by atoms with Crippen LogP contribution >= 0.6 is 11.3 Å². The summed E-state index contributed by atoms with van der Waals surface area (Å²) < 4.78 is 7.41. The van der Waals surface area contributed by atoms with Crippen LogP contribution in [-0.4, -0.2) is 36.1 Å². The Kier molecular flexibility index (Phi) is 4.55. The molecule has 5 heteroatoms. The van der Waals surface area contributed by atoms with Crippen LogP contribution in [0.4, 0.5) is 5.00 Å². The summed E-state index contributed by atoms with van der Waals surface area (Å²) in [6.45, 7) is 3.35. The van der Waals surface area contributed by atoms with Crippen molar-refractivity contribution in [1.29, 1.82) is 0 Å². The highest BCUT2D eigenvalue weighted by molar-refractivity contribution is 7.19. The molecule has 0 N–H and O–H groups in total. The molecule has 0 atom stereocenters. The van der Waals surface area contributed by atoms with Crippen molar-refractivity contribution in [3.63, 3.8) is 0 Å². The quantitative estimate of drug-likeness (QED) is 0.665. The molecule has 25 heavy (non-hydrogen) atoms. The molecule has 1 saturated heterocycles. The van der Waals surface area contributed by atoms with E-state index in [4.69, 9.17) is 4.74 Å². The van der Waals surface area contributed by atoms with Gasteiger partial charge in [-0.3, -0.25) is 4.68 Å². The average molecular weight is 349 g/mol. The summed E-state index contributed by atoms with van der Waals surface area (Å²) in [6, 6.07) is 14.3. The number of anilines is 1. The van der Waals surface area contributed by atoms with Crippen LogP contribution in [0.3, 0.4) is 0 Å². The van der Waals surface area contributed by atoms with Crippen LogP contribution in [0, 0.1) is 11.8 Å². The third kappa shape index (κ3) is 3.46. The van der Waals surface area contributed by atoms with E-state index < -0.39 is 0 Å². The van der Waals surface area contributed by atoms with Crippen molar-refractivity contribution in [1.82, 2.24) is 9.78 Å². The summed E-state index contributed by atoms with van der Waals surface area (Å²) in [6.07, 6.45) is 1.83. The molecule has 126 valence electrons. The summed E-state index contributed by atoms with van der Waals surface area (Å²) in [5.41, 5.74) is 3.22. The second kappa shape index (κ2) is 7.14. The van der Waals surface area contributed by atoms with Crippen molar-refractivity contribution in [3.05, 3.63) is 59.8 Å². The molecule has 0 spiro atoms. The molecule has 4 rings (SSSR count). The van der Waals surface area contributed by atoms with E-state index in [1.807, 2.05) is 54.3 Å². The first-order valence-electron chi connectivity index (χ1n) is 8.33. The maximum Gasteiger partial charge on any atom is 0.108 e. The van der Waals surface area contributed by atoms with Crippen molar-refractivity contribution in [2.75, 3.05) is 31.2 Å². The number of hydrogen-bond donors (Lipinski definition) is 0. The molecule has 0 unspecified atom stereocenters. The lowest BCUT2D eigenvalue weighted by Crippen LogP contribution is -2.36. The zero-order chi connectivity index (χ0) is 17.1. The van der Waals surface area contributed by atoms with Crippen molar-refractivity contribution in [2.24, 2.45) is 7.05 Å². The first kappa shape index (κ1) is 15.9. The van der Waals surface area contributed by atoms with Gasteiger partial charge in [-0.2, -0.15) is 5.10 Å². The monoisotopic (exact) mass is 349 g/mol. The molecule has 4 nitrogen and oxygen atoms in total. The van der Waals surface area contributed by atoms with Gasteiger partial charge in [0.2, 0.25) is 0 Å². The minimum atomic E-state index is 0.768. The largest absolute Gasteiger partial charge is 0.378 e. The zero-order valence-electron chi connectivity index (χ0n) is 14.1. The van der Waals surface area contributed by atoms with Crippen molar-refractivity contribution in [2.45, 2.75) is 0 Å². The SMILES string of the molecule is Cn1nccc1-c1cc(C#Cc2ccccc2)c(N2CCOCC2)s1. The maximum absolute atomic E-state index is 5.50. The van der Waals surface area contributed by atoms with E-state index in [0.717, 1.165) is 43.1 Å². The summed E-state index contributed by atoms with van der Waals surface area (Å²) in [4.78, 5) is 3.57. The Morgan fingerprint density at radius 3 is 2.60 bits per heavy atom. The van der Waals surface area contributed by atoms with Crippen LogP contribution in [0.5, 0.6) is 0 Å². The molecule has 1 aliphatic rings. The molecule has 2 aromatic heterocycles. The van der Waals surface area contributed by atoms with Gasteiger partial charge in [0.1, 0.15) is 5.00 Å². The van der Waals surface area contributed by atoms with Gasteiger partial charge < -0.3 is 9.64 Å². The Morgan fingerprint density at radius 2 is 1.88 bits per heavy atom. The van der Waals surface area contributed by atoms with Gasteiger partial charge in [-0.05, 0) is 24.3 Å². The predicted octanol–water partition coefficient (Wildman–Crippen LogP) is 3.39. The number of hydrogen-bond acceptors (Lipinski definition) is 4. The van der Waals surface area contributed by atoms with Gasteiger partial charge in [-0.1, -0.05) is 30.0 Å². The standard InChI is InChI=1S/C20H19N3OS/c1-22-18(9-10-21-22)19-15-17(8-7-16-5-3-2-4-6-16)20(25-19)23-11-13-24-14-12-23/h2-6,9-10,15H,11-14H2,1H3. The van der Waals surface area contributed by atoms with E-state index in [9.17, 15) is 0 Å². The van der Waals surface area contributed by atoms with Crippen LogP contribution in [0.1, 0.15) is 11.1 Å². The topological polar surface area (TPSA) is 30.3 Å². The smallest absolute Gasteiger partial charge is 0.108 e. The number of benzene rings is 1. The lowest BCUT2D eigenvalue weighted by atomic mass is 10.2. The highest BCUT2D eigenvalue weighted by Gasteiger charge is 2.19. The van der Waals surface area contributed by atoms with E-state index in [2.05, 4.69) is 27.9 Å². The third-order valence-corrected chi connectivity index (χ3v) is 5.42. The van der Waals surface area contributed by atoms with E-state index in [0.29, 0.717) is 0 Å². The third-order valence-electron chi connectivity index (χ3n) is 4.20. The van der Waals surface area contributed by atoms with Crippen LogP contribution in [0.25, 0.3) is 10.6 Å². The highest BCUT2D eigenvalue weighted by atomic mass is 32.1. The van der Waals surface area contributed by atoms with E-state index in [-0.39, 0.29) is 0 Å². The number of aromatic nitrogens is 2. The second-order valence-corrected chi connectivity index (χ2v) is 6.92. The van der Waals surface area contributed by atoms with Gasteiger partial charge in [0.25, 0.3) is 0 Å². The summed E-state index contributed by atoms with van der Waals surface area (Å²) >= 11 is 1.78. The van der Waals surface area contributed by atoms with Gasteiger partial charge in [0.15, 0.2) is 0 Å². The van der Waals surface area contributed by atoms with Gasteiger partial charge in [-0.15, -0.1) is 11.3 Å². The minimum Gasteiger partial charge on any atom is -0.378 e. The molecule has 1 fully saturated rings. The average Bonchev–Trinajstić information content (AvgIpc) is 3.27. The first-order valence-corrected chi connectivity index (χ1v) is 9.15. The Balaban J connectivity index is 1.74. The molecular weight excluding hydrogens is 330 g/mol. The Labute approximate surface area is 151 Å². The fraction of sp³-hybridized carbons (Fsp3) is 0.250. The molecule has 0 bridgehead atoms. The Morgan fingerprint density at radius 1 is 1.08 bits per heavy atom. The second-order valence-electron chi connectivity index (χ2n) is 5.88. The van der Waals surface area contributed by atoms with Crippen LogP contribution in [0.15, 0.2) is 48.7 Å². The van der Waals surface area contributed by atoms with Crippen LogP contribution in [0.2, 0.25) is 0 Å². The predicted molar refractivity (Wildman–Crippen MR) is 102 cm³/mol. The molecule has 0 saturated carbocycles. The van der Waals surface area contributed by atoms with E-state index in [1.54, 1.807) is 11.3 Å². The number of aryl methyl sites for hydroxylation is 1. The molecular formula is C20H19N3OS. The lowest BCUT2D eigenvalue weighted by molar-refractivity contribution is 0.123. The van der Waals surface area contributed by atoms with Crippen LogP contribution < -0.4 is 4.90 Å². The number of ether oxygens (including phenoxy) is 1. The van der Waals surface area contributed by atoms with Gasteiger partial charge >= 0.3 is 0 Å². The van der Waals surface area contributed by atoms with Crippen LogP contribution in [-0.2, 0) is 11.8 Å². The molecule has 1 aromatic carbocycles. The van der Waals surface area contributed by atoms with Crippen molar-refractivity contribution < 1.29 is 4.74 Å². The van der Waals surface area contributed by atoms with Crippen molar-refractivity contribution in [3.8, 4) is 22.4 Å². The summed E-state index contributed by atoms with van der Waals surface area (Å²) in [5, 5.41) is 5.52. The molecule has 3 heterocycles. The van der Waals surface area contributed by atoms with E-state index in [1.165, 1.54) is 9.88 Å². The Bertz CT molecular complexity index is 911. The van der Waals surface area contributed by atoms with Gasteiger partial charge in [0, 0.05) is 31.9 Å². The molecule has 0 radical (unpaired) electrons. The molecule has 0 amide bonds. The fourth-order valence-electron chi connectivity index (χ4n) is 2.88. The number of thiophene rings is 1. The summed E-state index contributed by atoms with van der Waals surface area (Å²) in [5.74, 6) is 6.67. The number of nitrogens with zero attached hydrogens (tertiary/aromatic N) is 3. The van der Waals surface area contributed by atoms with Crippen molar-refractivity contribution >= 4 is 16.3 Å². The molecule has 0 aliphatic carbocycles. The highest BCUT2D eigenvalue weighted by Crippen LogP contribution is 2.37. The minimum absolute atomic E-state index is 0.768. The number of morpholine rings is 1. The number of rotatable bonds is 2. The van der Waals surface area contributed by atoms with Gasteiger partial charge in [0.05, 0.1) is 29.3 Å². The Hall–Kier alpha value is -2.55. The van der Waals surface area contributed by atoms with Gasteiger partial charge in [-0.25, -0.2) is 0 Å².